The molecule has 3 saturated heterocycles. The Morgan fingerprint density at radius 3 is 2.50 bits per heavy atom. The number of anilines is 2. The third kappa shape index (κ3) is 5.09. The van der Waals surface area contributed by atoms with Crippen molar-refractivity contribution in [1.82, 2.24) is 39.0 Å². The van der Waals surface area contributed by atoms with Crippen molar-refractivity contribution in [3.63, 3.8) is 0 Å². The molecular weight excluding hydrogens is 656 g/mol. The lowest BCUT2D eigenvalue weighted by Gasteiger charge is -2.24. The molecule has 10 atom stereocenters. The molecule has 3 aliphatic rings. The predicted octanol–water partition coefficient (Wildman–Crippen LogP) is 0.840. The van der Waals surface area contributed by atoms with E-state index in [9.17, 15) is 13.9 Å². The molecule has 19 nitrogen and oxygen atoms in total. The Kier molecular flexibility index (Phi) is 7.46. The molecule has 0 aromatic carbocycles. The number of nitrogens with zero attached hydrogens (tertiary/aromatic N) is 7. The fourth-order valence-corrected chi connectivity index (χ4v) is 7.51. The molecule has 0 aliphatic carbocycles. The summed E-state index contributed by atoms with van der Waals surface area (Å²) in [4.78, 5) is 34.5. The first-order chi connectivity index (χ1) is 21.0. The van der Waals surface area contributed by atoms with Crippen molar-refractivity contribution >= 4 is 61.4 Å². The average Bonchev–Trinajstić information content (AvgIpc) is 3.72. The summed E-state index contributed by atoms with van der Waals surface area (Å²) in [6.07, 6.45) is -9.47. The van der Waals surface area contributed by atoms with E-state index < -0.39 is 83.0 Å². The van der Waals surface area contributed by atoms with Gasteiger partial charge < -0.3 is 25.5 Å². The normalized spacial score (nSPS) is 36.6. The third-order valence-corrected chi connectivity index (χ3v) is 9.65. The van der Waals surface area contributed by atoms with E-state index in [0.29, 0.717) is 0 Å². The number of hydrogen-bond donors (Lipinski definition) is 4. The van der Waals surface area contributed by atoms with Gasteiger partial charge in [0, 0.05) is 0 Å². The molecule has 0 amide bonds. The summed E-state index contributed by atoms with van der Waals surface area (Å²) in [5.41, 5.74) is 10.9. The van der Waals surface area contributed by atoms with Crippen LogP contribution in [0.5, 0.6) is 0 Å². The Bertz CT molecular complexity index is 1880. The van der Waals surface area contributed by atoms with Gasteiger partial charge in [0.1, 0.15) is 36.3 Å². The van der Waals surface area contributed by atoms with Crippen LogP contribution in [0.25, 0.3) is 22.3 Å². The highest BCUT2D eigenvalue weighted by molar-refractivity contribution is 8.44. The summed E-state index contributed by atoms with van der Waals surface area (Å²) in [7, 11) is -3.52. The summed E-state index contributed by atoms with van der Waals surface area (Å²) in [5, 5.41) is 0. The molecule has 0 spiro atoms. The van der Waals surface area contributed by atoms with E-state index in [1.165, 1.54) is 17.2 Å². The number of rotatable bonds is 2. The van der Waals surface area contributed by atoms with Gasteiger partial charge in [-0.25, -0.2) is 33.3 Å². The predicted molar refractivity (Wildman–Crippen MR) is 147 cm³/mol. The zero-order chi connectivity index (χ0) is 30.9. The first-order valence-electron chi connectivity index (χ1n) is 12.7. The zero-order valence-electron chi connectivity index (χ0n) is 21.9. The van der Waals surface area contributed by atoms with Crippen LogP contribution in [-0.4, -0.2) is 89.0 Å². The second-order valence-electron chi connectivity index (χ2n) is 9.86. The highest BCUT2D eigenvalue weighted by Gasteiger charge is 2.53. The van der Waals surface area contributed by atoms with Gasteiger partial charge in [-0.3, -0.25) is 37.0 Å². The van der Waals surface area contributed by atoms with Crippen LogP contribution in [0.4, 0.5) is 20.5 Å². The third-order valence-electron chi connectivity index (χ3n) is 7.17. The highest BCUT2D eigenvalue weighted by Crippen LogP contribution is 2.57. The number of hydrogen-bond acceptors (Lipinski definition) is 16. The van der Waals surface area contributed by atoms with E-state index >= 15 is 8.78 Å². The number of nitrogen functional groups attached to an aromatic ring is 2. The lowest BCUT2D eigenvalue weighted by molar-refractivity contribution is -0.0557. The quantitative estimate of drug-likeness (QED) is 0.169. The van der Waals surface area contributed by atoms with Crippen LogP contribution in [0, 0.1) is 0 Å². The van der Waals surface area contributed by atoms with E-state index in [1.807, 2.05) is 0 Å². The van der Waals surface area contributed by atoms with E-state index in [2.05, 4.69) is 42.2 Å². The van der Waals surface area contributed by atoms with Gasteiger partial charge in [-0.05, 0) is 0 Å². The summed E-state index contributed by atoms with van der Waals surface area (Å²) in [6, 6.07) is 0. The maximum atomic E-state index is 15.9. The number of ether oxygens (including phenoxy) is 2. The highest BCUT2D eigenvalue weighted by atomic mass is 32.7. The number of thiol groups is 1. The molecule has 4 aromatic rings. The summed E-state index contributed by atoms with van der Waals surface area (Å²) >= 11 is 3.95. The molecule has 5 N–H and O–H groups in total. The topological polar surface area (TPSA) is 249 Å². The smallest absolute Gasteiger partial charge is 0.382 e. The maximum Gasteiger partial charge on any atom is 0.386 e. The molecule has 3 fully saturated rings. The van der Waals surface area contributed by atoms with Gasteiger partial charge in [0.2, 0.25) is 5.95 Å². The minimum Gasteiger partial charge on any atom is -0.382 e. The van der Waals surface area contributed by atoms with E-state index in [-0.39, 0.29) is 34.1 Å². The Hall–Kier alpha value is -3.07. The number of halogens is 2. The number of nitrogens with one attached hydrogen (secondary N) is 1. The van der Waals surface area contributed by atoms with E-state index in [1.54, 1.807) is 0 Å². The second-order valence-corrected chi connectivity index (χ2v) is 13.8. The van der Waals surface area contributed by atoms with Crippen molar-refractivity contribution in [2.24, 2.45) is 0 Å². The van der Waals surface area contributed by atoms with Crippen LogP contribution < -0.4 is 17.0 Å². The van der Waals surface area contributed by atoms with Gasteiger partial charge in [-0.1, -0.05) is 12.2 Å². The number of aromatic amines is 1. The van der Waals surface area contributed by atoms with Crippen molar-refractivity contribution in [3.05, 3.63) is 29.3 Å². The van der Waals surface area contributed by atoms with Gasteiger partial charge in [0.25, 0.3) is 5.56 Å². The van der Waals surface area contributed by atoms with Crippen molar-refractivity contribution < 1.29 is 45.5 Å². The number of imidazole rings is 2. The monoisotopic (exact) mass is 678 g/mol. The van der Waals surface area contributed by atoms with Crippen molar-refractivity contribution in [3.8, 4) is 0 Å². The molecule has 0 saturated carbocycles. The fourth-order valence-electron chi connectivity index (χ4n) is 5.19. The Morgan fingerprint density at radius 1 is 0.977 bits per heavy atom. The maximum absolute atomic E-state index is 15.9. The molecule has 24 heteroatoms. The number of H-pyrrole nitrogens is 1. The largest absolute Gasteiger partial charge is 0.386 e. The van der Waals surface area contributed by atoms with Crippen molar-refractivity contribution in [1.29, 1.82) is 0 Å². The average molecular weight is 678 g/mol. The lowest BCUT2D eigenvalue weighted by atomic mass is 10.1. The molecule has 44 heavy (non-hydrogen) atoms. The number of aromatic nitrogens is 8. The number of fused-ring (bicyclic) bond motifs is 5. The molecule has 3 aliphatic heterocycles. The van der Waals surface area contributed by atoms with Crippen LogP contribution in [0.3, 0.4) is 0 Å². The summed E-state index contributed by atoms with van der Waals surface area (Å²) < 4.78 is 93.4. The molecule has 7 heterocycles. The Balaban J connectivity index is 1.18. The van der Waals surface area contributed by atoms with E-state index in [4.69, 9.17) is 39.0 Å². The number of nitrogens with two attached hydrogens (primary N) is 2. The summed E-state index contributed by atoms with van der Waals surface area (Å²) in [5.74, 6) is -0.205. The standard InChI is InChI=1S/C20H22F2N10O9P2S/c21-8-6-2-37-43(35,44)41-12-7(39-18(9(12)22)32-5-28-11-16(32)29-20(24)30-17(11)33)1-36-42(34)40-13(8)19(38-6)31-4-27-10-14(23)25-3-26-15(10)31/h3-9,12-13,18-19,42H,1-2H2,(H,35,44)(H2,23,25,26)(H3,24,29,30,33)/t6-,7-,8-,9-,12-,13-,18-,19-,43-/m1/s1. The van der Waals surface area contributed by atoms with Crippen molar-refractivity contribution in [2.75, 3.05) is 24.7 Å². The molecule has 7 rings (SSSR count). The minimum absolute atomic E-state index is 0.0541. The molecule has 4 aromatic heterocycles. The Morgan fingerprint density at radius 2 is 1.70 bits per heavy atom. The van der Waals surface area contributed by atoms with E-state index in [0.717, 1.165) is 10.9 Å². The van der Waals surface area contributed by atoms with Gasteiger partial charge in [0.15, 0.2) is 47.4 Å². The molecular formula is C20H22F2N10O9P2S. The second kappa shape index (κ2) is 11.1. The van der Waals surface area contributed by atoms with Gasteiger partial charge in [0.05, 0.1) is 25.9 Å². The minimum atomic E-state index is -4.44. The SMILES string of the molecule is Nc1nc2c(ncn2[C@@H]2O[C@@H]3CO[PH](=O)O[C@@H]4[C@H](F)[C@@H](CO[P@@](=O)(S)O[C@H]3[C@H]2F)O[C@H]4n2cnc3c(N)ncnc32)c(=O)[nH]1. The summed E-state index contributed by atoms with van der Waals surface area (Å²) in [6.45, 7) is -5.76. The first kappa shape index (κ1) is 29.6. The molecule has 0 radical (unpaired) electrons. The number of alkyl halides is 2. The van der Waals surface area contributed by atoms with Crippen LogP contribution in [-0.2, 0) is 36.7 Å². The van der Waals surface area contributed by atoms with Crippen molar-refractivity contribution in [2.45, 2.75) is 49.2 Å². The van der Waals surface area contributed by atoms with Crippen LogP contribution in [0.2, 0.25) is 0 Å². The fraction of sp³-hybridized carbons (Fsp3) is 0.500. The lowest BCUT2D eigenvalue weighted by Crippen LogP contribution is -2.33. The Labute approximate surface area is 249 Å². The van der Waals surface area contributed by atoms with Crippen LogP contribution in [0.1, 0.15) is 12.5 Å². The molecule has 236 valence electrons. The van der Waals surface area contributed by atoms with Gasteiger partial charge in [-0.15, -0.1) is 0 Å². The molecule has 1 unspecified atom stereocenters. The zero-order valence-corrected chi connectivity index (χ0v) is 24.7. The van der Waals surface area contributed by atoms with Gasteiger partial charge >= 0.3 is 15.1 Å². The van der Waals surface area contributed by atoms with Crippen LogP contribution >= 0.6 is 27.3 Å². The van der Waals surface area contributed by atoms with Gasteiger partial charge in [-0.2, -0.15) is 4.98 Å². The molecule has 2 bridgehead atoms. The first-order valence-corrected chi connectivity index (χ1v) is 16.7. The van der Waals surface area contributed by atoms with Crippen LogP contribution in [0.15, 0.2) is 23.8 Å².